The Balaban J connectivity index is 2.33. The summed E-state index contributed by atoms with van der Waals surface area (Å²) in [5.41, 5.74) is -0.138. The van der Waals surface area contributed by atoms with Gasteiger partial charge in [-0.3, -0.25) is 4.79 Å². The molecule has 1 aliphatic rings. The number of carbonyl (C=O) groups excluding carboxylic acids is 1. The molecule has 18 heavy (non-hydrogen) atoms. The number of benzene rings is 1. The first kappa shape index (κ1) is 12.8. The predicted octanol–water partition coefficient (Wildman–Crippen LogP) is 3.00. The molecule has 0 aliphatic carbocycles. The van der Waals surface area contributed by atoms with Gasteiger partial charge in [0, 0.05) is 6.54 Å². The Kier molecular flexibility index (Phi) is 3.83. The average molecular weight is 267 g/mol. The Bertz CT molecular complexity index is 492. The van der Waals surface area contributed by atoms with E-state index in [1.807, 2.05) is 0 Å². The van der Waals surface area contributed by atoms with Crippen LogP contribution in [0.3, 0.4) is 0 Å². The quantitative estimate of drug-likeness (QED) is 0.784. The molecule has 1 aromatic rings. The lowest BCUT2D eigenvalue weighted by Gasteiger charge is -2.31. The summed E-state index contributed by atoms with van der Waals surface area (Å²) < 4.78 is 13.7. The minimum Gasteiger partial charge on any atom is -0.322 e. The Labute approximate surface area is 110 Å². The zero-order chi connectivity index (χ0) is 13.1. The lowest BCUT2D eigenvalue weighted by molar-refractivity contribution is 0.0666. The fourth-order valence-electron chi connectivity index (χ4n) is 2.15. The van der Waals surface area contributed by atoms with Gasteiger partial charge in [-0.15, -0.1) is 0 Å². The van der Waals surface area contributed by atoms with Crippen LogP contribution in [0.15, 0.2) is 18.2 Å². The molecule has 1 fully saturated rings. The largest absolute Gasteiger partial charge is 0.322 e. The fourth-order valence-corrected chi connectivity index (χ4v) is 2.40. The molecule has 0 N–H and O–H groups in total. The number of likely N-dealkylation sites (tertiary alicyclic amines) is 1. The van der Waals surface area contributed by atoms with Gasteiger partial charge in [0.25, 0.3) is 5.91 Å². The molecular formula is C13H12ClFN2O. The summed E-state index contributed by atoms with van der Waals surface area (Å²) in [6, 6.07) is 5.72. The molecule has 0 aromatic heterocycles. The summed E-state index contributed by atoms with van der Waals surface area (Å²) >= 11 is 5.86. The van der Waals surface area contributed by atoms with Gasteiger partial charge in [0.05, 0.1) is 16.7 Å². The van der Waals surface area contributed by atoms with Crippen LogP contribution < -0.4 is 0 Å². The fraction of sp³-hybridized carbons (Fsp3) is 0.385. The van der Waals surface area contributed by atoms with Crippen LogP contribution in [0.4, 0.5) is 4.39 Å². The highest BCUT2D eigenvalue weighted by Gasteiger charge is 2.29. The van der Waals surface area contributed by atoms with Crippen LogP contribution in [-0.4, -0.2) is 23.4 Å². The van der Waals surface area contributed by atoms with E-state index in [4.69, 9.17) is 16.9 Å². The van der Waals surface area contributed by atoms with Crippen LogP contribution in [-0.2, 0) is 0 Å². The number of carbonyl (C=O) groups is 1. The van der Waals surface area contributed by atoms with E-state index in [2.05, 4.69) is 6.07 Å². The van der Waals surface area contributed by atoms with Gasteiger partial charge in [-0.1, -0.05) is 17.7 Å². The van der Waals surface area contributed by atoms with Crippen molar-refractivity contribution in [3.63, 3.8) is 0 Å². The third-order valence-electron chi connectivity index (χ3n) is 3.09. The number of halogens is 2. The number of hydrogen-bond acceptors (Lipinski definition) is 2. The van der Waals surface area contributed by atoms with Gasteiger partial charge in [-0.25, -0.2) is 4.39 Å². The molecule has 1 unspecified atom stereocenters. The molecule has 1 aromatic carbocycles. The zero-order valence-electron chi connectivity index (χ0n) is 9.70. The van der Waals surface area contributed by atoms with Gasteiger partial charge in [0.1, 0.15) is 11.9 Å². The molecule has 5 heteroatoms. The van der Waals surface area contributed by atoms with Crippen molar-refractivity contribution in [3.8, 4) is 6.07 Å². The maximum Gasteiger partial charge on any atom is 0.259 e. The van der Waals surface area contributed by atoms with Crippen molar-refractivity contribution < 1.29 is 9.18 Å². The Morgan fingerprint density at radius 3 is 2.94 bits per heavy atom. The molecule has 1 amide bonds. The minimum atomic E-state index is -0.644. The molecule has 1 aliphatic heterocycles. The summed E-state index contributed by atoms with van der Waals surface area (Å²) in [5.74, 6) is -1.14. The number of nitriles is 1. The molecule has 1 atom stereocenters. The van der Waals surface area contributed by atoms with Crippen molar-refractivity contribution in [1.82, 2.24) is 4.90 Å². The van der Waals surface area contributed by atoms with E-state index in [9.17, 15) is 9.18 Å². The van der Waals surface area contributed by atoms with Crippen LogP contribution in [0.2, 0.25) is 5.02 Å². The van der Waals surface area contributed by atoms with E-state index in [1.54, 1.807) is 0 Å². The second-order valence-electron chi connectivity index (χ2n) is 4.24. The normalized spacial score (nSPS) is 19.4. The average Bonchev–Trinajstić information content (AvgIpc) is 2.38. The first-order chi connectivity index (χ1) is 8.65. The molecule has 0 saturated carbocycles. The third-order valence-corrected chi connectivity index (χ3v) is 3.40. The van der Waals surface area contributed by atoms with Crippen LogP contribution in [0.1, 0.15) is 29.6 Å². The number of amides is 1. The highest BCUT2D eigenvalue weighted by atomic mass is 35.5. The Hall–Kier alpha value is -1.60. The Morgan fingerprint density at radius 1 is 1.50 bits per heavy atom. The monoisotopic (exact) mass is 266 g/mol. The van der Waals surface area contributed by atoms with Crippen LogP contribution in [0.5, 0.6) is 0 Å². The van der Waals surface area contributed by atoms with Crippen molar-refractivity contribution in [3.05, 3.63) is 34.6 Å². The SMILES string of the molecule is N#CC1CCCCN1C(=O)c1c(F)cccc1Cl. The van der Waals surface area contributed by atoms with Crippen LogP contribution >= 0.6 is 11.6 Å². The van der Waals surface area contributed by atoms with Crippen LogP contribution in [0, 0.1) is 17.1 Å². The molecular weight excluding hydrogens is 255 g/mol. The second kappa shape index (κ2) is 5.36. The lowest BCUT2D eigenvalue weighted by atomic mass is 10.0. The molecule has 0 bridgehead atoms. The van der Waals surface area contributed by atoms with Crippen molar-refractivity contribution >= 4 is 17.5 Å². The maximum absolute atomic E-state index is 13.7. The third kappa shape index (κ3) is 2.32. The summed E-state index contributed by atoms with van der Waals surface area (Å²) in [4.78, 5) is 13.7. The van der Waals surface area contributed by atoms with Crippen LogP contribution in [0.25, 0.3) is 0 Å². The van der Waals surface area contributed by atoms with Gasteiger partial charge in [-0.2, -0.15) is 5.26 Å². The zero-order valence-corrected chi connectivity index (χ0v) is 10.5. The number of rotatable bonds is 1. The standard InChI is InChI=1S/C13H12ClFN2O/c14-10-5-3-6-11(15)12(10)13(18)17-7-2-1-4-9(17)8-16/h3,5-6,9H,1-2,4,7H2. The van der Waals surface area contributed by atoms with Gasteiger partial charge in [-0.05, 0) is 31.4 Å². The summed E-state index contributed by atoms with van der Waals surface area (Å²) in [5, 5.41) is 9.11. The number of nitrogens with zero attached hydrogens (tertiary/aromatic N) is 2. The van der Waals surface area contributed by atoms with E-state index in [0.29, 0.717) is 13.0 Å². The predicted molar refractivity (Wildman–Crippen MR) is 65.7 cm³/mol. The maximum atomic E-state index is 13.7. The van der Waals surface area contributed by atoms with Gasteiger partial charge >= 0.3 is 0 Å². The highest BCUT2D eigenvalue weighted by molar-refractivity contribution is 6.33. The number of piperidine rings is 1. The van der Waals surface area contributed by atoms with Crippen molar-refractivity contribution in [2.45, 2.75) is 25.3 Å². The number of hydrogen-bond donors (Lipinski definition) is 0. The van der Waals surface area contributed by atoms with E-state index >= 15 is 0 Å². The minimum absolute atomic E-state index is 0.0854. The highest BCUT2D eigenvalue weighted by Crippen LogP contribution is 2.25. The van der Waals surface area contributed by atoms with E-state index in [0.717, 1.165) is 12.8 Å². The van der Waals surface area contributed by atoms with Crippen molar-refractivity contribution in [2.75, 3.05) is 6.54 Å². The van der Waals surface area contributed by atoms with E-state index < -0.39 is 17.8 Å². The molecule has 2 rings (SSSR count). The molecule has 0 radical (unpaired) electrons. The van der Waals surface area contributed by atoms with E-state index in [-0.39, 0.29) is 10.6 Å². The second-order valence-corrected chi connectivity index (χ2v) is 4.64. The molecule has 1 saturated heterocycles. The summed E-state index contributed by atoms with van der Waals surface area (Å²) in [7, 11) is 0. The van der Waals surface area contributed by atoms with Gasteiger partial charge < -0.3 is 4.90 Å². The Morgan fingerprint density at radius 2 is 2.28 bits per heavy atom. The first-order valence-electron chi connectivity index (χ1n) is 5.79. The van der Waals surface area contributed by atoms with Crippen molar-refractivity contribution in [1.29, 1.82) is 5.26 Å². The topological polar surface area (TPSA) is 44.1 Å². The van der Waals surface area contributed by atoms with Gasteiger partial charge in [0.2, 0.25) is 0 Å². The summed E-state index contributed by atoms with van der Waals surface area (Å²) in [6.45, 7) is 0.474. The molecule has 94 valence electrons. The molecule has 3 nitrogen and oxygen atoms in total. The van der Waals surface area contributed by atoms with E-state index in [1.165, 1.54) is 23.1 Å². The lowest BCUT2D eigenvalue weighted by Crippen LogP contribution is -2.43. The molecule has 1 heterocycles. The van der Waals surface area contributed by atoms with Crippen molar-refractivity contribution in [2.24, 2.45) is 0 Å². The van der Waals surface area contributed by atoms with Gasteiger partial charge in [0.15, 0.2) is 0 Å². The summed E-state index contributed by atoms with van der Waals surface area (Å²) in [6.07, 6.45) is 2.37. The molecule has 0 spiro atoms. The smallest absolute Gasteiger partial charge is 0.259 e. The first-order valence-corrected chi connectivity index (χ1v) is 6.17.